The summed E-state index contributed by atoms with van der Waals surface area (Å²) >= 11 is 0. The van der Waals surface area contributed by atoms with Gasteiger partial charge < -0.3 is 4.74 Å². The molecular weight excluding hydrogens is 300 g/mol. The summed E-state index contributed by atoms with van der Waals surface area (Å²) in [7, 11) is 0. The molecule has 3 heteroatoms. The molecule has 0 aliphatic carbocycles. The van der Waals surface area contributed by atoms with E-state index in [1.165, 1.54) is 5.56 Å². The second kappa shape index (κ2) is 5.28. The molecule has 1 fully saturated rings. The van der Waals surface area contributed by atoms with Gasteiger partial charge >= 0.3 is 0 Å². The Balaban J connectivity index is 1.72. The second-order valence-electron chi connectivity index (χ2n) is 6.12. The van der Waals surface area contributed by atoms with Gasteiger partial charge in [-0.1, -0.05) is 84.9 Å². The van der Waals surface area contributed by atoms with E-state index in [4.69, 9.17) is 14.5 Å². The van der Waals surface area contributed by atoms with E-state index in [-0.39, 0.29) is 5.92 Å². The largest absolute Gasteiger partial charge is 0.306 e. The minimum atomic E-state index is -0.992. The van der Waals surface area contributed by atoms with Gasteiger partial charge in [0.2, 0.25) is 6.29 Å². The lowest BCUT2D eigenvalue weighted by Gasteiger charge is -2.35. The molecule has 3 nitrogen and oxygen atoms in total. The molecule has 0 radical (unpaired) electrons. The zero-order valence-corrected chi connectivity index (χ0v) is 13.0. The average Bonchev–Trinajstić information content (AvgIpc) is 3.05. The maximum Gasteiger partial charge on any atom is 0.256 e. The molecule has 5 rings (SSSR count). The van der Waals surface area contributed by atoms with Gasteiger partial charge in [-0.2, -0.15) is 9.78 Å². The molecule has 0 aromatic heterocycles. The molecule has 24 heavy (non-hydrogen) atoms. The van der Waals surface area contributed by atoms with Crippen LogP contribution in [0.1, 0.15) is 28.2 Å². The zero-order valence-electron chi connectivity index (χ0n) is 13.0. The molecule has 2 aliphatic heterocycles. The van der Waals surface area contributed by atoms with Crippen molar-refractivity contribution in [2.45, 2.75) is 18.0 Å². The van der Waals surface area contributed by atoms with E-state index in [0.717, 1.165) is 16.7 Å². The Bertz CT molecular complexity index is 863. The molecule has 1 saturated heterocycles. The highest BCUT2D eigenvalue weighted by Crippen LogP contribution is 2.52. The lowest BCUT2D eigenvalue weighted by Crippen LogP contribution is -2.37. The zero-order chi connectivity index (χ0) is 16.0. The molecule has 2 bridgehead atoms. The minimum Gasteiger partial charge on any atom is -0.306 e. The number of rotatable bonds is 2. The van der Waals surface area contributed by atoms with Crippen LogP contribution in [-0.4, -0.2) is 6.29 Å². The van der Waals surface area contributed by atoms with Crippen LogP contribution >= 0.6 is 0 Å². The van der Waals surface area contributed by atoms with Crippen molar-refractivity contribution >= 4 is 0 Å². The number of hydrogen-bond acceptors (Lipinski definition) is 3. The Morgan fingerprint density at radius 1 is 0.708 bits per heavy atom. The van der Waals surface area contributed by atoms with Crippen LogP contribution in [0.4, 0.5) is 0 Å². The van der Waals surface area contributed by atoms with Gasteiger partial charge in [-0.05, 0) is 11.1 Å². The maximum atomic E-state index is 6.32. The molecule has 0 spiro atoms. The van der Waals surface area contributed by atoms with E-state index in [1.54, 1.807) is 0 Å². The number of benzene rings is 3. The molecule has 2 heterocycles. The van der Waals surface area contributed by atoms with E-state index in [0.29, 0.717) is 0 Å². The van der Waals surface area contributed by atoms with Crippen LogP contribution in [0.15, 0.2) is 84.9 Å². The number of hydrogen-bond donors (Lipinski definition) is 0. The van der Waals surface area contributed by atoms with Gasteiger partial charge in [0, 0.05) is 11.1 Å². The average molecular weight is 316 g/mol. The second-order valence-corrected chi connectivity index (χ2v) is 6.12. The first kappa shape index (κ1) is 13.9. The van der Waals surface area contributed by atoms with E-state index < -0.39 is 12.1 Å². The number of ether oxygens (including phenoxy) is 1. The highest BCUT2D eigenvalue weighted by molar-refractivity contribution is 5.47. The Kier molecular flexibility index (Phi) is 3.06. The summed E-state index contributed by atoms with van der Waals surface area (Å²) < 4.78 is 6.32. The van der Waals surface area contributed by atoms with Crippen molar-refractivity contribution < 1.29 is 14.5 Å². The monoisotopic (exact) mass is 316 g/mol. The van der Waals surface area contributed by atoms with Gasteiger partial charge in [0.25, 0.3) is 5.79 Å². The predicted molar refractivity (Wildman–Crippen MR) is 89.0 cm³/mol. The van der Waals surface area contributed by atoms with Crippen LogP contribution in [0.3, 0.4) is 0 Å². The first-order valence-electron chi connectivity index (χ1n) is 8.11. The molecule has 1 unspecified atom stereocenters. The van der Waals surface area contributed by atoms with E-state index in [1.807, 2.05) is 54.6 Å². The van der Waals surface area contributed by atoms with Gasteiger partial charge in [0.15, 0.2) is 0 Å². The maximum absolute atomic E-state index is 6.32. The van der Waals surface area contributed by atoms with Crippen molar-refractivity contribution in [3.63, 3.8) is 0 Å². The standard InChI is InChI=1S/C21H16O3/c1-3-9-15(10-4-1)19-17-13-7-8-14-18(17)21(22-20(19)23-24-21)16-11-5-2-6-12-16/h1-14,19-20H/t19?,20-,21+/m0/s1. The topological polar surface area (TPSA) is 27.7 Å². The quantitative estimate of drug-likeness (QED) is 0.658. The predicted octanol–water partition coefficient (Wildman–Crippen LogP) is 4.34. The summed E-state index contributed by atoms with van der Waals surface area (Å²) in [5.41, 5.74) is 4.27. The van der Waals surface area contributed by atoms with Crippen molar-refractivity contribution in [2.24, 2.45) is 0 Å². The molecule has 3 atom stereocenters. The Labute approximate surface area is 140 Å². The van der Waals surface area contributed by atoms with Crippen molar-refractivity contribution in [2.75, 3.05) is 0 Å². The first-order valence-corrected chi connectivity index (χ1v) is 8.11. The molecular formula is C21H16O3. The van der Waals surface area contributed by atoms with Gasteiger partial charge in [0.05, 0.1) is 5.92 Å². The van der Waals surface area contributed by atoms with Crippen molar-refractivity contribution in [3.8, 4) is 0 Å². The van der Waals surface area contributed by atoms with Crippen LogP contribution in [0.5, 0.6) is 0 Å². The van der Waals surface area contributed by atoms with E-state index >= 15 is 0 Å². The summed E-state index contributed by atoms with van der Waals surface area (Å²) in [5.74, 6) is -1.00. The Morgan fingerprint density at radius 3 is 2.17 bits per heavy atom. The summed E-state index contributed by atoms with van der Waals surface area (Å²) in [6.45, 7) is 0. The highest BCUT2D eigenvalue weighted by Gasteiger charge is 2.55. The van der Waals surface area contributed by atoms with E-state index in [9.17, 15) is 0 Å². The van der Waals surface area contributed by atoms with E-state index in [2.05, 4.69) is 30.3 Å². The third-order valence-electron chi connectivity index (χ3n) is 4.78. The fourth-order valence-corrected chi connectivity index (χ4v) is 3.69. The fourth-order valence-electron chi connectivity index (χ4n) is 3.69. The molecule has 2 aliphatic rings. The van der Waals surface area contributed by atoms with Crippen molar-refractivity contribution in [1.82, 2.24) is 0 Å². The first-order chi connectivity index (χ1) is 11.9. The summed E-state index contributed by atoms with van der Waals surface area (Å²) in [4.78, 5) is 11.5. The van der Waals surface area contributed by atoms with Gasteiger partial charge in [-0.25, -0.2) is 0 Å². The molecule has 118 valence electrons. The van der Waals surface area contributed by atoms with Crippen LogP contribution in [0.2, 0.25) is 0 Å². The van der Waals surface area contributed by atoms with Crippen LogP contribution in [-0.2, 0) is 20.3 Å². The molecule has 3 aromatic carbocycles. The molecule has 3 aromatic rings. The van der Waals surface area contributed by atoms with Gasteiger partial charge in [-0.3, -0.25) is 0 Å². The van der Waals surface area contributed by atoms with Crippen LogP contribution < -0.4 is 0 Å². The fraction of sp³-hybridized carbons (Fsp3) is 0.143. The highest BCUT2D eigenvalue weighted by atomic mass is 17.3. The smallest absolute Gasteiger partial charge is 0.256 e. The minimum absolute atomic E-state index is 0.0123. The molecule has 0 N–H and O–H groups in total. The third kappa shape index (κ3) is 1.89. The van der Waals surface area contributed by atoms with Crippen molar-refractivity contribution in [3.05, 3.63) is 107 Å². The van der Waals surface area contributed by atoms with Crippen molar-refractivity contribution in [1.29, 1.82) is 0 Å². The Morgan fingerprint density at radius 2 is 1.38 bits per heavy atom. The normalized spacial score (nSPS) is 27.7. The molecule has 0 saturated carbocycles. The SMILES string of the molecule is c1ccc(C2c3ccccc3[C@@]3(c4ccccc4)OO[C@@H]2O3)cc1. The lowest BCUT2D eigenvalue weighted by atomic mass is 9.81. The summed E-state index contributed by atoms with van der Waals surface area (Å²) in [6, 6.07) is 28.5. The van der Waals surface area contributed by atoms with Gasteiger partial charge in [0.1, 0.15) is 0 Å². The third-order valence-corrected chi connectivity index (χ3v) is 4.78. The lowest BCUT2D eigenvalue weighted by molar-refractivity contribution is -0.321. The molecule has 0 amide bonds. The summed E-state index contributed by atoms with van der Waals surface area (Å²) in [5, 5.41) is 0. The van der Waals surface area contributed by atoms with Crippen LogP contribution in [0, 0.1) is 0 Å². The Hall–Kier alpha value is -2.46. The summed E-state index contributed by atoms with van der Waals surface area (Å²) in [6.07, 6.45) is -0.470. The van der Waals surface area contributed by atoms with Crippen LogP contribution in [0.25, 0.3) is 0 Å². The number of fused-ring (bicyclic) bond motifs is 4. The van der Waals surface area contributed by atoms with Gasteiger partial charge in [-0.15, -0.1) is 0 Å².